The van der Waals surface area contributed by atoms with Crippen LogP contribution in [0.2, 0.25) is 0 Å². The molecule has 0 amide bonds. The molecule has 2 N–H and O–H groups in total. The third-order valence-electron chi connectivity index (χ3n) is 6.59. The van der Waals surface area contributed by atoms with E-state index in [2.05, 4.69) is 19.1 Å². The first-order chi connectivity index (χ1) is 15.1. The van der Waals surface area contributed by atoms with Crippen LogP contribution in [0.3, 0.4) is 0 Å². The summed E-state index contributed by atoms with van der Waals surface area (Å²) in [6, 6.07) is 8.22. The lowest BCUT2D eigenvalue weighted by atomic mass is 9.84. The molecule has 4 atom stereocenters. The van der Waals surface area contributed by atoms with Gasteiger partial charge in [-0.2, -0.15) is 0 Å². The third kappa shape index (κ3) is 8.89. The Labute approximate surface area is 187 Å². The van der Waals surface area contributed by atoms with E-state index in [1.54, 1.807) is 0 Å². The first-order valence-corrected chi connectivity index (χ1v) is 12.2. The van der Waals surface area contributed by atoms with E-state index in [-0.39, 0.29) is 31.0 Å². The topological polar surface area (TPSA) is 66.8 Å². The number of carbonyl (C=O) groups is 1. The third-order valence-corrected chi connectivity index (χ3v) is 6.59. The minimum atomic E-state index is -0.738. The van der Waals surface area contributed by atoms with E-state index in [1.165, 1.54) is 5.56 Å². The summed E-state index contributed by atoms with van der Waals surface area (Å²) >= 11 is 0. The Kier molecular flexibility index (Phi) is 12.1. The molecule has 0 bridgehead atoms. The van der Waals surface area contributed by atoms with E-state index in [1.807, 2.05) is 12.1 Å². The predicted molar refractivity (Wildman–Crippen MR) is 122 cm³/mol. The van der Waals surface area contributed by atoms with Gasteiger partial charge >= 0.3 is 5.97 Å². The number of benzene rings is 1. The lowest BCUT2D eigenvalue weighted by molar-refractivity contribution is -0.144. The zero-order valence-corrected chi connectivity index (χ0v) is 19.1. The standard InChI is InChI=1S/C26H41FO4/c1-2-3-6-10-25(29)21-14-12-20(13-15-21)22-16-17-24(27)23(22)9-7-4-5-8-11-26(30)31-19-18-28/h12-15,22-25,28-29H,2-11,16-19H2,1H3/t22-,23?,24-,25?/m1/s1. The van der Waals surface area contributed by atoms with Crippen LogP contribution in [0.1, 0.15) is 107 Å². The number of hydrogen-bond donors (Lipinski definition) is 2. The van der Waals surface area contributed by atoms with Crippen molar-refractivity contribution in [2.45, 2.75) is 102 Å². The van der Waals surface area contributed by atoms with Crippen molar-refractivity contribution in [2.75, 3.05) is 13.2 Å². The van der Waals surface area contributed by atoms with Gasteiger partial charge in [0.15, 0.2) is 0 Å². The van der Waals surface area contributed by atoms with Crippen molar-refractivity contribution in [3.63, 3.8) is 0 Å². The number of hydrogen-bond acceptors (Lipinski definition) is 4. The molecule has 0 saturated heterocycles. The van der Waals surface area contributed by atoms with Crippen LogP contribution in [0, 0.1) is 5.92 Å². The Balaban J connectivity index is 1.75. The molecular formula is C26H41FO4. The Morgan fingerprint density at radius 3 is 2.55 bits per heavy atom. The summed E-state index contributed by atoms with van der Waals surface area (Å²) in [7, 11) is 0. The Hall–Kier alpha value is -1.46. The molecule has 1 aromatic carbocycles. The van der Waals surface area contributed by atoms with E-state index in [4.69, 9.17) is 9.84 Å². The number of ether oxygens (including phenoxy) is 1. The maximum absolute atomic E-state index is 14.6. The van der Waals surface area contributed by atoms with Crippen LogP contribution in [0.25, 0.3) is 0 Å². The summed E-state index contributed by atoms with van der Waals surface area (Å²) in [6.45, 7) is 2.09. The number of aliphatic hydroxyl groups excluding tert-OH is 2. The molecule has 1 aromatic rings. The smallest absolute Gasteiger partial charge is 0.305 e. The molecule has 1 saturated carbocycles. The molecule has 5 heteroatoms. The molecule has 0 heterocycles. The highest BCUT2D eigenvalue weighted by Crippen LogP contribution is 2.44. The fourth-order valence-corrected chi connectivity index (χ4v) is 4.77. The van der Waals surface area contributed by atoms with E-state index in [0.29, 0.717) is 12.8 Å². The highest BCUT2D eigenvalue weighted by Gasteiger charge is 2.36. The number of unbranched alkanes of at least 4 members (excludes halogenated alkanes) is 5. The lowest BCUT2D eigenvalue weighted by Gasteiger charge is -2.22. The molecule has 1 aliphatic rings. The van der Waals surface area contributed by atoms with Gasteiger partial charge in [-0.15, -0.1) is 0 Å². The van der Waals surface area contributed by atoms with Crippen LogP contribution < -0.4 is 0 Å². The number of rotatable bonds is 15. The van der Waals surface area contributed by atoms with Crippen LogP contribution in [-0.2, 0) is 9.53 Å². The van der Waals surface area contributed by atoms with Gasteiger partial charge < -0.3 is 14.9 Å². The SMILES string of the molecule is CCCCCC(O)c1ccc([C@H]2CC[C@@H](F)C2CCCCCCC(=O)OCCO)cc1. The van der Waals surface area contributed by atoms with Gasteiger partial charge in [-0.1, -0.05) is 69.7 Å². The molecule has 1 aliphatic carbocycles. The average Bonchev–Trinajstić information content (AvgIpc) is 3.15. The largest absolute Gasteiger partial charge is 0.463 e. The molecule has 0 aliphatic heterocycles. The van der Waals surface area contributed by atoms with Crippen LogP contribution in [0.15, 0.2) is 24.3 Å². The van der Waals surface area contributed by atoms with Gasteiger partial charge in [0.05, 0.1) is 12.7 Å². The fourth-order valence-electron chi connectivity index (χ4n) is 4.77. The summed E-state index contributed by atoms with van der Waals surface area (Å²) in [5, 5.41) is 19.0. The van der Waals surface area contributed by atoms with E-state index >= 15 is 0 Å². The van der Waals surface area contributed by atoms with Gasteiger partial charge in [0.2, 0.25) is 0 Å². The fraction of sp³-hybridized carbons (Fsp3) is 0.731. The van der Waals surface area contributed by atoms with Gasteiger partial charge in [0.1, 0.15) is 12.8 Å². The van der Waals surface area contributed by atoms with Crippen molar-refractivity contribution in [3.8, 4) is 0 Å². The van der Waals surface area contributed by atoms with E-state index < -0.39 is 12.3 Å². The summed E-state index contributed by atoms with van der Waals surface area (Å²) in [5.74, 6) is 0.0669. The average molecular weight is 437 g/mol. The Morgan fingerprint density at radius 2 is 1.84 bits per heavy atom. The van der Waals surface area contributed by atoms with E-state index in [0.717, 1.165) is 69.8 Å². The number of carbonyl (C=O) groups excluding carboxylic acids is 1. The number of esters is 1. The van der Waals surface area contributed by atoms with Crippen molar-refractivity contribution in [3.05, 3.63) is 35.4 Å². The number of alkyl halides is 1. The number of aliphatic hydroxyl groups is 2. The van der Waals surface area contributed by atoms with Gasteiger partial charge in [-0.05, 0) is 55.1 Å². The summed E-state index contributed by atoms with van der Waals surface area (Å²) in [6.07, 6.45) is 9.45. The first-order valence-electron chi connectivity index (χ1n) is 12.2. The molecule has 1 fully saturated rings. The minimum absolute atomic E-state index is 0.0647. The molecule has 2 unspecified atom stereocenters. The second-order valence-electron chi connectivity index (χ2n) is 8.94. The van der Waals surface area contributed by atoms with Crippen LogP contribution in [0.5, 0.6) is 0 Å². The van der Waals surface area contributed by atoms with Crippen molar-refractivity contribution in [1.82, 2.24) is 0 Å². The zero-order chi connectivity index (χ0) is 22.5. The van der Waals surface area contributed by atoms with Gasteiger partial charge in [0.25, 0.3) is 0 Å². The quantitative estimate of drug-likeness (QED) is 0.261. The highest BCUT2D eigenvalue weighted by atomic mass is 19.1. The van der Waals surface area contributed by atoms with Gasteiger partial charge in [0, 0.05) is 6.42 Å². The summed E-state index contributed by atoms with van der Waals surface area (Å²) in [5.41, 5.74) is 2.16. The van der Waals surface area contributed by atoms with E-state index in [9.17, 15) is 14.3 Å². The van der Waals surface area contributed by atoms with Gasteiger partial charge in [-0.3, -0.25) is 4.79 Å². The summed E-state index contributed by atoms with van der Waals surface area (Å²) < 4.78 is 19.4. The maximum Gasteiger partial charge on any atom is 0.305 e. The van der Waals surface area contributed by atoms with Crippen molar-refractivity contribution >= 4 is 5.97 Å². The molecule has 2 rings (SSSR count). The minimum Gasteiger partial charge on any atom is -0.463 e. The maximum atomic E-state index is 14.6. The monoisotopic (exact) mass is 436 g/mol. The lowest BCUT2D eigenvalue weighted by Crippen LogP contribution is -2.15. The molecule has 0 radical (unpaired) electrons. The highest BCUT2D eigenvalue weighted by molar-refractivity contribution is 5.69. The molecule has 4 nitrogen and oxygen atoms in total. The molecule has 0 spiro atoms. The van der Waals surface area contributed by atoms with Crippen molar-refractivity contribution < 1.29 is 24.1 Å². The van der Waals surface area contributed by atoms with Gasteiger partial charge in [-0.25, -0.2) is 4.39 Å². The van der Waals surface area contributed by atoms with Crippen LogP contribution in [-0.4, -0.2) is 35.6 Å². The molecule has 0 aromatic heterocycles. The molecular weight excluding hydrogens is 395 g/mol. The molecule has 176 valence electrons. The molecule has 31 heavy (non-hydrogen) atoms. The number of halogens is 1. The zero-order valence-electron chi connectivity index (χ0n) is 19.1. The second kappa shape index (κ2) is 14.6. The predicted octanol–water partition coefficient (Wildman–Crippen LogP) is 6.01. The Bertz CT molecular complexity index is 618. The van der Waals surface area contributed by atoms with Crippen LogP contribution >= 0.6 is 0 Å². The van der Waals surface area contributed by atoms with Crippen molar-refractivity contribution in [2.24, 2.45) is 5.92 Å². The Morgan fingerprint density at radius 1 is 1.10 bits per heavy atom. The van der Waals surface area contributed by atoms with Crippen molar-refractivity contribution in [1.29, 1.82) is 0 Å². The normalized spacial score (nSPS) is 21.9. The summed E-state index contributed by atoms with van der Waals surface area (Å²) in [4.78, 5) is 11.4. The second-order valence-corrected chi connectivity index (χ2v) is 8.94. The first kappa shape index (κ1) is 25.8. The van der Waals surface area contributed by atoms with Crippen LogP contribution in [0.4, 0.5) is 4.39 Å².